The Morgan fingerprint density at radius 1 is 1.20 bits per heavy atom. The molecule has 0 fully saturated rings. The molecule has 1 unspecified atom stereocenters. The number of nitrogens with zero attached hydrogens (tertiary/aromatic N) is 3. The maximum atomic E-state index is 9.67. The van der Waals surface area contributed by atoms with E-state index in [-0.39, 0.29) is 0 Å². The summed E-state index contributed by atoms with van der Waals surface area (Å²) in [5.41, 5.74) is 0.243. The number of aromatic nitrogens is 2. The highest BCUT2D eigenvalue weighted by Crippen LogP contribution is 2.27. The van der Waals surface area contributed by atoms with E-state index in [0.717, 1.165) is 12.1 Å². The zero-order valence-corrected chi connectivity index (χ0v) is 12.1. The third-order valence-electron chi connectivity index (χ3n) is 2.90. The van der Waals surface area contributed by atoms with Crippen LogP contribution >= 0.6 is 11.8 Å². The van der Waals surface area contributed by atoms with Gasteiger partial charge in [0.1, 0.15) is 5.54 Å². The highest BCUT2D eigenvalue weighted by Gasteiger charge is 2.31. The summed E-state index contributed by atoms with van der Waals surface area (Å²) in [4.78, 5) is 8.37. The van der Waals surface area contributed by atoms with Crippen LogP contribution in [-0.4, -0.2) is 22.3 Å². The normalized spacial score (nSPS) is 13.4. The predicted molar refractivity (Wildman–Crippen MR) is 80.2 cm³/mol. The van der Waals surface area contributed by atoms with Crippen LogP contribution in [0.1, 0.15) is 12.5 Å². The van der Waals surface area contributed by atoms with Crippen molar-refractivity contribution in [3.8, 4) is 6.07 Å². The molecule has 0 aliphatic heterocycles. The van der Waals surface area contributed by atoms with E-state index in [9.17, 15) is 5.26 Å². The van der Waals surface area contributed by atoms with E-state index in [1.54, 1.807) is 18.5 Å². The number of nitriles is 1. The van der Waals surface area contributed by atoms with E-state index in [0.29, 0.717) is 10.9 Å². The number of benzene rings is 1. The summed E-state index contributed by atoms with van der Waals surface area (Å²) in [6, 6.07) is 14.0. The molecule has 0 saturated carbocycles. The molecule has 1 atom stereocenters. The van der Waals surface area contributed by atoms with Crippen LogP contribution in [0.15, 0.2) is 53.9 Å². The van der Waals surface area contributed by atoms with Crippen LogP contribution in [0.25, 0.3) is 0 Å². The second-order valence-electron chi connectivity index (χ2n) is 4.23. The molecule has 0 bridgehead atoms. The molecule has 2 aromatic rings. The lowest BCUT2D eigenvalue weighted by atomic mass is 9.93. The lowest BCUT2D eigenvalue weighted by Gasteiger charge is -2.27. The van der Waals surface area contributed by atoms with Crippen LogP contribution in [0.2, 0.25) is 0 Å². The molecule has 20 heavy (non-hydrogen) atoms. The zero-order chi connectivity index (χ0) is 14.3. The van der Waals surface area contributed by atoms with E-state index >= 15 is 0 Å². The summed E-state index contributed by atoms with van der Waals surface area (Å²) < 4.78 is 0. The molecule has 0 aliphatic rings. The van der Waals surface area contributed by atoms with Gasteiger partial charge in [0, 0.05) is 18.1 Å². The maximum Gasteiger partial charge on any atom is 0.187 e. The van der Waals surface area contributed by atoms with E-state index in [2.05, 4.69) is 21.4 Å². The zero-order valence-electron chi connectivity index (χ0n) is 11.3. The smallest absolute Gasteiger partial charge is 0.187 e. The van der Waals surface area contributed by atoms with E-state index in [1.807, 2.05) is 37.3 Å². The molecule has 5 heteroatoms. The van der Waals surface area contributed by atoms with Crippen molar-refractivity contribution in [1.29, 1.82) is 5.26 Å². The summed E-state index contributed by atoms with van der Waals surface area (Å²) in [6.45, 7) is 2.72. The molecule has 2 rings (SSSR count). The van der Waals surface area contributed by atoms with E-state index in [4.69, 9.17) is 0 Å². The largest absolute Gasteiger partial charge is 0.295 e. The molecule has 0 saturated heterocycles. The summed E-state index contributed by atoms with van der Waals surface area (Å²) in [6.07, 6.45) is 3.41. The van der Waals surface area contributed by atoms with Gasteiger partial charge in [-0.2, -0.15) is 5.26 Å². The minimum absolute atomic E-state index is 0.561. The third-order valence-corrected chi connectivity index (χ3v) is 3.94. The van der Waals surface area contributed by atoms with Gasteiger partial charge in [-0.1, -0.05) is 49.0 Å². The molecule has 0 spiro atoms. The highest BCUT2D eigenvalue weighted by atomic mass is 32.2. The Morgan fingerprint density at radius 3 is 2.50 bits per heavy atom. The van der Waals surface area contributed by atoms with Crippen LogP contribution in [0, 0.1) is 11.3 Å². The van der Waals surface area contributed by atoms with Crippen molar-refractivity contribution in [2.24, 2.45) is 0 Å². The van der Waals surface area contributed by atoms with Crippen LogP contribution in [0.5, 0.6) is 0 Å². The lowest BCUT2D eigenvalue weighted by Crippen LogP contribution is -2.43. The van der Waals surface area contributed by atoms with Crippen molar-refractivity contribution in [1.82, 2.24) is 15.3 Å². The van der Waals surface area contributed by atoms with Gasteiger partial charge in [0.25, 0.3) is 0 Å². The van der Waals surface area contributed by atoms with Gasteiger partial charge in [-0.05, 0) is 18.2 Å². The molecule has 1 N–H and O–H groups in total. The van der Waals surface area contributed by atoms with Gasteiger partial charge in [0.15, 0.2) is 5.16 Å². The molecular formula is C15H16N4S. The summed E-state index contributed by atoms with van der Waals surface area (Å²) in [7, 11) is 0. The molecule has 1 aromatic carbocycles. The Hall–Kier alpha value is -1.90. The quantitative estimate of drug-likeness (QED) is 0.652. The Balaban J connectivity index is 2.22. The number of hydrogen-bond donors (Lipinski definition) is 1. The molecule has 102 valence electrons. The SMILES string of the molecule is CCNC(C#N)(CSc1ncccn1)c1ccccc1. The summed E-state index contributed by atoms with van der Waals surface area (Å²) in [5.74, 6) is 0.561. The van der Waals surface area contributed by atoms with Crippen LogP contribution in [-0.2, 0) is 5.54 Å². The van der Waals surface area contributed by atoms with Crippen molar-refractivity contribution in [3.05, 3.63) is 54.4 Å². The summed E-state index contributed by atoms with van der Waals surface area (Å²) in [5, 5.41) is 13.6. The van der Waals surface area contributed by atoms with Crippen LogP contribution < -0.4 is 5.32 Å². The first-order valence-electron chi connectivity index (χ1n) is 6.42. The number of nitrogens with one attached hydrogen (secondary N) is 1. The van der Waals surface area contributed by atoms with Crippen molar-refractivity contribution < 1.29 is 0 Å². The topological polar surface area (TPSA) is 61.6 Å². The molecule has 1 aromatic heterocycles. The fraction of sp³-hybridized carbons (Fsp3) is 0.267. The Kier molecular flexibility index (Phi) is 5.10. The highest BCUT2D eigenvalue weighted by molar-refractivity contribution is 7.99. The number of rotatable bonds is 6. The minimum atomic E-state index is -0.722. The first-order valence-corrected chi connectivity index (χ1v) is 7.41. The predicted octanol–water partition coefficient (Wildman–Crippen LogP) is 2.60. The minimum Gasteiger partial charge on any atom is -0.295 e. The summed E-state index contributed by atoms with van der Waals surface area (Å²) >= 11 is 1.48. The maximum absolute atomic E-state index is 9.67. The van der Waals surface area contributed by atoms with Gasteiger partial charge >= 0.3 is 0 Å². The number of hydrogen-bond acceptors (Lipinski definition) is 5. The van der Waals surface area contributed by atoms with Crippen molar-refractivity contribution in [2.45, 2.75) is 17.6 Å². The first kappa shape index (κ1) is 14.5. The molecule has 0 radical (unpaired) electrons. The van der Waals surface area contributed by atoms with Crippen molar-refractivity contribution >= 4 is 11.8 Å². The molecular weight excluding hydrogens is 268 g/mol. The molecule has 1 heterocycles. The third kappa shape index (κ3) is 3.35. The molecule has 4 nitrogen and oxygen atoms in total. The van der Waals surface area contributed by atoms with Crippen LogP contribution in [0.4, 0.5) is 0 Å². The molecule has 0 aliphatic carbocycles. The fourth-order valence-electron chi connectivity index (χ4n) is 1.93. The second-order valence-corrected chi connectivity index (χ2v) is 5.18. The first-order chi connectivity index (χ1) is 9.80. The van der Waals surface area contributed by atoms with Crippen molar-refractivity contribution in [2.75, 3.05) is 12.3 Å². The molecule has 0 amide bonds. The van der Waals surface area contributed by atoms with Gasteiger partial charge in [0.2, 0.25) is 0 Å². The van der Waals surface area contributed by atoms with E-state index in [1.165, 1.54) is 11.8 Å². The standard InChI is InChI=1S/C15H16N4S/c1-2-19-15(11-16,13-7-4-3-5-8-13)12-20-14-17-9-6-10-18-14/h3-10,19H,2,12H2,1H3. The average Bonchev–Trinajstić information content (AvgIpc) is 2.53. The average molecular weight is 284 g/mol. The van der Waals surface area contributed by atoms with Gasteiger partial charge in [-0.25, -0.2) is 9.97 Å². The fourth-order valence-corrected chi connectivity index (χ4v) is 2.88. The Bertz CT molecular complexity index is 567. The number of thioether (sulfide) groups is 1. The second kappa shape index (κ2) is 7.04. The van der Waals surface area contributed by atoms with Crippen molar-refractivity contribution in [3.63, 3.8) is 0 Å². The van der Waals surface area contributed by atoms with E-state index < -0.39 is 5.54 Å². The van der Waals surface area contributed by atoms with Gasteiger partial charge in [-0.3, -0.25) is 5.32 Å². The van der Waals surface area contributed by atoms with Gasteiger partial charge in [0.05, 0.1) is 6.07 Å². The Labute approximate surface area is 123 Å². The van der Waals surface area contributed by atoms with Gasteiger partial charge < -0.3 is 0 Å². The van der Waals surface area contributed by atoms with Crippen LogP contribution in [0.3, 0.4) is 0 Å². The van der Waals surface area contributed by atoms with Gasteiger partial charge in [-0.15, -0.1) is 0 Å². The monoisotopic (exact) mass is 284 g/mol. The lowest BCUT2D eigenvalue weighted by molar-refractivity contribution is 0.490. The Morgan fingerprint density at radius 2 is 1.90 bits per heavy atom.